The molecule has 0 fully saturated rings. The minimum atomic E-state index is -0.504. The third-order valence-electron chi connectivity index (χ3n) is 2.96. The fraction of sp³-hybridized carbons (Fsp3) is 0.357. The van der Waals surface area contributed by atoms with Gasteiger partial charge >= 0.3 is 0 Å². The second-order valence-corrected chi connectivity index (χ2v) is 4.50. The maximum atomic E-state index is 13.8. The molecule has 0 aliphatic rings. The van der Waals surface area contributed by atoms with Crippen LogP contribution in [0, 0.1) is 18.6 Å². The third-order valence-corrected chi connectivity index (χ3v) is 2.96. The second kappa shape index (κ2) is 6.47. The van der Waals surface area contributed by atoms with Gasteiger partial charge in [0.25, 0.3) is 0 Å². The Hall–Kier alpha value is -1.95. The summed E-state index contributed by atoms with van der Waals surface area (Å²) in [4.78, 5) is 4.11. The largest absolute Gasteiger partial charge is 0.385 e. The Morgan fingerprint density at radius 1 is 1.30 bits per heavy atom. The number of hydrogen-bond acceptors (Lipinski definition) is 3. The van der Waals surface area contributed by atoms with E-state index in [0.717, 1.165) is 18.6 Å². The van der Waals surface area contributed by atoms with Gasteiger partial charge in [-0.3, -0.25) is 0 Å². The highest BCUT2D eigenvalue weighted by Gasteiger charge is 2.10. The first-order chi connectivity index (χ1) is 9.61. The van der Waals surface area contributed by atoms with Gasteiger partial charge in [-0.25, -0.2) is 13.8 Å². The number of anilines is 2. The van der Waals surface area contributed by atoms with E-state index < -0.39 is 11.6 Å². The van der Waals surface area contributed by atoms with Crippen LogP contribution in [0.25, 0.3) is 0 Å². The normalized spacial score (nSPS) is 10.8. The molecule has 0 saturated heterocycles. The molecular formula is C14H17F2N3O. The molecule has 0 bridgehead atoms. The maximum Gasteiger partial charge on any atom is 0.207 e. The van der Waals surface area contributed by atoms with Crippen LogP contribution in [-0.2, 0) is 11.3 Å². The number of methoxy groups -OCH3 is 1. The van der Waals surface area contributed by atoms with Crippen molar-refractivity contribution in [3.05, 3.63) is 41.7 Å². The molecule has 0 spiro atoms. The van der Waals surface area contributed by atoms with Gasteiger partial charge in [0.15, 0.2) is 0 Å². The molecule has 2 aromatic rings. The minimum absolute atomic E-state index is 0.0762. The van der Waals surface area contributed by atoms with Crippen molar-refractivity contribution in [1.29, 1.82) is 0 Å². The molecule has 0 atom stereocenters. The average molecular weight is 281 g/mol. The van der Waals surface area contributed by atoms with Gasteiger partial charge in [0.2, 0.25) is 5.95 Å². The molecule has 6 heteroatoms. The molecule has 2 rings (SSSR count). The zero-order chi connectivity index (χ0) is 14.5. The number of aryl methyl sites for hydroxylation is 2. The first-order valence-corrected chi connectivity index (χ1v) is 6.34. The number of nitrogens with one attached hydrogen (secondary N) is 1. The van der Waals surface area contributed by atoms with E-state index in [2.05, 4.69) is 10.3 Å². The van der Waals surface area contributed by atoms with Crippen molar-refractivity contribution in [1.82, 2.24) is 9.55 Å². The summed E-state index contributed by atoms with van der Waals surface area (Å²) in [5.74, 6) is -0.481. The van der Waals surface area contributed by atoms with Gasteiger partial charge in [-0.05, 0) is 25.0 Å². The van der Waals surface area contributed by atoms with Crippen molar-refractivity contribution < 1.29 is 13.5 Å². The Bertz CT molecular complexity index is 584. The van der Waals surface area contributed by atoms with Crippen molar-refractivity contribution in [2.24, 2.45) is 0 Å². The molecule has 0 saturated carbocycles. The van der Waals surface area contributed by atoms with Crippen LogP contribution >= 0.6 is 0 Å². The molecule has 0 amide bonds. The van der Waals surface area contributed by atoms with Crippen LogP contribution in [0.3, 0.4) is 0 Å². The van der Waals surface area contributed by atoms with E-state index >= 15 is 0 Å². The predicted octanol–water partition coefficient (Wildman–Crippen LogP) is 3.25. The number of aromatic nitrogens is 2. The standard InChI is InChI=1S/C14H17F2N3O/c1-10-8-12(16)13(9-11(10)15)18-14-17-4-6-19(14)5-3-7-20-2/h4,6,8-9H,3,5,7H2,1-2H3,(H,17,18). The lowest BCUT2D eigenvalue weighted by atomic mass is 10.2. The lowest BCUT2D eigenvalue weighted by Crippen LogP contribution is -2.06. The quantitative estimate of drug-likeness (QED) is 0.826. The first-order valence-electron chi connectivity index (χ1n) is 6.34. The van der Waals surface area contributed by atoms with Crippen LogP contribution in [0.2, 0.25) is 0 Å². The van der Waals surface area contributed by atoms with E-state index in [4.69, 9.17) is 4.74 Å². The molecule has 0 unspecified atom stereocenters. The van der Waals surface area contributed by atoms with E-state index in [0.29, 0.717) is 19.1 Å². The topological polar surface area (TPSA) is 39.1 Å². The summed E-state index contributed by atoms with van der Waals surface area (Å²) in [6, 6.07) is 2.30. The molecule has 0 aliphatic carbocycles. The fourth-order valence-electron chi connectivity index (χ4n) is 1.86. The van der Waals surface area contributed by atoms with Crippen LogP contribution in [-0.4, -0.2) is 23.3 Å². The lowest BCUT2D eigenvalue weighted by Gasteiger charge is -2.11. The molecule has 0 radical (unpaired) electrons. The molecule has 1 aromatic heterocycles. The Balaban J connectivity index is 2.14. The summed E-state index contributed by atoms with van der Waals surface area (Å²) in [6.07, 6.45) is 4.20. The zero-order valence-corrected chi connectivity index (χ0v) is 11.5. The van der Waals surface area contributed by atoms with Crippen molar-refractivity contribution >= 4 is 11.6 Å². The van der Waals surface area contributed by atoms with Gasteiger partial charge in [0, 0.05) is 38.7 Å². The highest BCUT2D eigenvalue weighted by Crippen LogP contribution is 2.22. The number of halogens is 2. The highest BCUT2D eigenvalue weighted by molar-refractivity contribution is 5.55. The smallest absolute Gasteiger partial charge is 0.207 e. The number of nitrogens with zero attached hydrogens (tertiary/aromatic N) is 2. The van der Waals surface area contributed by atoms with Crippen LogP contribution < -0.4 is 5.32 Å². The molecule has 4 nitrogen and oxygen atoms in total. The van der Waals surface area contributed by atoms with Crippen molar-refractivity contribution in [2.75, 3.05) is 19.0 Å². The van der Waals surface area contributed by atoms with Gasteiger partial charge in [-0.15, -0.1) is 0 Å². The van der Waals surface area contributed by atoms with Crippen molar-refractivity contribution in [3.8, 4) is 0 Å². The Morgan fingerprint density at radius 2 is 2.10 bits per heavy atom. The summed E-state index contributed by atoms with van der Waals surface area (Å²) in [5, 5.41) is 2.81. The molecule has 1 heterocycles. The molecule has 1 aromatic carbocycles. The van der Waals surface area contributed by atoms with Gasteiger partial charge in [0.1, 0.15) is 11.6 Å². The Kier molecular flexibility index (Phi) is 4.68. The molecule has 1 N–H and O–H groups in total. The summed E-state index contributed by atoms with van der Waals surface area (Å²) < 4.78 is 34.1. The van der Waals surface area contributed by atoms with E-state index in [1.165, 1.54) is 6.92 Å². The average Bonchev–Trinajstić information content (AvgIpc) is 2.84. The fourth-order valence-corrected chi connectivity index (χ4v) is 1.86. The van der Waals surface area contributed by atoms with Crippen molar-refractivity contribution in [2.45, 2.75) is 19.9 Å². The van der Waals surface area contributed by atoms with E-state index in [-0.39, 0.29) is 11.3 Å². The summed E-state index contributed by atoms with van der Waals surface area (Å²) >= 11 is 0. The van der Waals surface area contributed by atoms with Crippen LogP contribution in [0.4, 0.5) is 20.4 Å². The van der Waals surface area contributed by atoms with Gasteiger partial charge in [-0.2, -0.15) is 0 Å². The Labute approximate surface area is 116 Å². The minimum Gasteiger partial charge on any atom is -0.385 e. The first kappa shape index (κ1) is 14.5. The van der Waals surface area contributed by atoms with Gasteiger partial charge in [-0.1, -0.05) is 0 Å². The van der Waals surface area contributed by atoms with Crippen LogP contribution in [0.5, 0.6) is 0 Å². The zero-order valence-electron chi connectivity index (χ0n) is 11.5. The van der Waals surface area contributed by atoms with Crippen LogP contribution in [0.1, 0.15) is 12.0 Å². The third kappa shape index (κ3) is 3.33. The Morgan fingerprint density at radius 3 is 2.85 bits per heavy atom. The monoisotopic (exact) mass is 281 g/mol. The van der Waals surface area contributed by atoms with Gasteiger partial charge < -0.3 is 14.6 Å². The molecular weight excluding hydrogens is 264 g/mol. The summed E-state index contributed by atoms with van der Waals surface area (Å²) in [5.41, 5.74) is 0.351. The second-order valence-electron chi connectivity index (χ2n) is 4.50. The molecule has 108 valence electrons. The lowest BCUT2D eigenvalue weighted by molar-refractivity contribution is 0.190. The van der Waals surface area contributed by atoms with Crippen molar-refractivity contribution in [3.63, 3.8) is 0 Å². The van der Waals surface area contributed by atoms with Gasteiger partial charge in [0.05, 0.1) is 5.69 Å². The SMILES string of the molecule is COCCCn1ccnc1Nc1cc(F)c(C)cc1F. The van der Waals surface area contributed by atoms with Crippen LogP contribution in [0.15, 0.2) is 24.5 Å². The number of rotatable bonds is 6. The number of ether oxygens (including phenoxy) is 1. The molecule has 20 heavy (non-hydrogen) atoms. The number of benzene rings is 1. The number of imidazole rings is 1. The maximum absolute atomic E-state index is 13.8. The number of hydrogen-bond donors (Lipinski definition) is 1. The molecule has 0 aliphatic heterocycles. The highest BCUT2D eigenvalue weighted by atomic mass is 19.1. The predicted molar refractivity (Wildman–Crippen MR) is 73.1 cm³/mol. The van der Waals surface area contributed by atoms with E-state index in [1.807, 2.05) is 4.57 Å². The summed E-state index contributed by atoms with van der Waals surface area (Å²) in [7, 11) is 1.64. The van der Waals surface area contributed by atoms with E-state index in [1.54, 1.807) is 19.5 Å². The van der Waals surface area contributed by atoms with E-state index in [9.17, 15) is 8.78 Å². The summed E-state index contributed by atoms with van der Waals surface area (Å²) in [6.45, 7) is 2.84.